The van der Waals surface area contributed by atoms with Crippen LogP contribution in [0.4, 0.5) is 0 Å². The molecule has 0 unspecified atom stereocenters. The number of hydrogen-bond donors (Lipinski definition) is 1. The fourth-order valence-corrected chi connectivity index (χ4v) is 3.00. The molecule has 3 heterocycles. The van der Waals surface area contributed by atoms with Gasteiger partial charge in [-0.3, -0.25) is 9.48 Å². The summed E-state index contributed by atoms with van der Waals surface area (Å²) in [6.07, 6.45) is 5.38. The van der Waals surface area contributed by atoms with Crippen LogP contribution < -0.4 is 5.32 Å². The first-order valence-electron chi connectivity index (χ1n) is 7.29. The maximum atomic E-state index is 12.3. The van der Waals surface area contributed by atoms with E-state index in [1.165, 1.54) is 6.42 Å². The van der Waals surface area contributed by atoms with Gasteiger partial charge in [0.2, 0.25) is 0 Å². The predicted molar refractivity (Wildman–Crippen MR) is 73.1 cm³/mol. The van der Waals surface area contributed by atoms with E-state index in [-0.39, 0.29) is 5.91 Å². The number of nitrogens with zero attached hydrogens (tertiary/aromatic N) is 3. The summed E-state index contributed by atoms with van der Waals surface area (Å²) in [5.41, 5.74) is 0.597. The van der Waals surface area contributed by atoms with Crippen molar-refractivity contribution in [3.8, 4) is 0 Å². The van der Waals surface area contributed by atoms with Gasteiger partial charge in [-0.05, 0) is 37.8 Å². The summed E-state index contributed by atoms with van der Waals surface area (Å²) in [6, 6.07) is 2.26. The fraction of sp³-hybridized carbons (Fsp3) is 0.714. The number of rotatable bonds is 2. The van der Waals surface area contributed by atoms with E-state index >= 15 is 0 Å². The van der Waals surface area contributed by atoms with E-state index in [0.717, 1.165) is 39.0 Å². The molecule has 0 saturated carbocycles. The molecule has 19 heavy (non-hydrogen) atoms. The second-order valence-corrected chi connectivity index (χ2v) is 5.83. The van der Waals surface area contributed by atoms with Crippen LogP contribution in [0.5, 0.6) is 0 Å². The molecule has 0 aliphatic carbocycles. The van der Waals surface area contributed by atoms with Crippen molar-refractivity contribution in [1.29, 1.82) is 0 Å². The van der Waals surface area contributed by atoms with E-state index in [2.05, 4.69) is 17.3 Å². The summed E-state index contributed by atoms with van der Waals surface area (Å²) in [5.74, 6) is 0.709. The van der Waals surface area contributed by atoms with E-state index in [1.54, 1.807) is 0 Å². The Morgan fingerprint density at radius 2 is 2.37 bits per heavy atom. The predicted octanol–water partition coefficient (Wildman–Crippen LogP) is 1.29. The van der Waals surface area contributed by atoms with Crippen LogP contribution in [0.25, 0.3) is 0 Å². The van der Waals surface area contributed by atoms with Crippen molar-refractivity contribution < 1.29 is 4.79 Å². The molecule has 2 aliphatic rings. The van der Waals surface area contributed by atoms with Gasteiger partial charge >= 0.3 is 0 Å². The Morgan fingerprint density at radius 1 is 1.47 bits per heavy atom. The number of piperidine rings is 1. The van der Waals surface area contributed by atoms with Crippen LogP contribution in [0.15, 0.2) is 12.3 Å². The standard InChI is InChI=1S/C14H22N4O/c1-11-4-7-17(10-11)14(19)13-5-8-18(16-13)12-3-2-6-15-9-12/h5,8,11-12,15H,2-4,6-7,9-10H2,1H3/t11-,12+/m1/s1. The number of carbonyl (C=O) groups excluding carboxylic acids is 1. The number of likely N-dealkylation sites (tertiary alicyclic amines) is 1. The second kappa shape index (κ2) is 5.33. The Bertz CT molecular complexity index is 450. The molecule has 0 aromatic carbocycles. The van der Waals surface area contributed by atoms with Crippen molar-refractivity contribution in [1.82, 2.24) is 20.0 Å². The van der Waals surface area contributed by atoms with Gasteiger partial charge in [0.05, 0.1) is 6.04 Å². The molecule has 2 aliphatic heterocycles. The smallest absolute Gasteiger partial charge is 0.274 e. The highest BCUT2D eigenvalue weighted by Gasteiger charge is 2.26. The van der Waals surface area contributed by atoms with Crippen molar-refractivity contribution in [3.05, 3.63) is 18.0 Å². The Balaban J connectivity index is 1.68. The lowest BCUT2D eigenvalue weighted by molar-refractivity contribution is 0.0781. The van der Waals surface area contributed by atoms with Crippen LogP contribution >= 0.6 is 0 Å². The van der Waals surface area contributed by atoms with Crippen molar-refractivity contribution in [3.63, 3.8) is 0 Å². The SMILES string of the molecule is C[C@@H]1CCN(C(=O)c2ccn([C@H]3CCCNC3)n2)C1. The molecule has 1 N–H and O–H groups in total. The Labute approximate surface area is 114 Å². The first-order valence-corrected chi connectivity index (χ1v) is 7.29. The molecule has 1 aromatic rings. The summed E-state index contributed by atoms with van der Waals surface area (Å²) >= 11 is 0. The number of nitrogens with one attached hydrogen (secondary N) is 1. The monoisotopic (exact) mass is 262 g/mol. The molecule has 1 amide bonds. The normalized spacial score (nSPS) is 27.7. The molecular formula is C14H22N4O. The first-order chi connectivity index (χ1) is 9.24. The molecular weight excluding hydrogens is 240 g/mol. The fourth-order valence-electron chi connectivity index (χ4n) is 3.00. The summed E-state index contributed by atoms with van der Waals surface area (Å²) in [5, 5.41) is 7.87. The Kier molecular flexibility index (Phi) is 3.55. The van der Waals surface area contributed by atoms with Gasteiger partial charge in [0.25, 0.3) is 5.91 Å². The summed E-state index contributed by atoms with van der Waals surface area (Å²) in [7, 11) is 0. The lowest BCUT2D eigenvalue weighted by atomic mass is 10.1. The van der Waals surface area contributed by atoms with Crippen LogP contribution in [-0.4, -0.2) is 46.8 Å². The summed E-state index contributed by atoms with van der Waals surface area (Å²) in [4.78, 5) is 14.3. The molecule has 0 radical (unpaired) electrons. The van der Waals surface area contributed by atoms with E-state index in [0.29, 0.717) is 17.7 Å². The zero-order chi connectivity index (χ0) is 13.2. The van der Waals surface area contributed by atoms with Gasteiger partial charge in [0, 0.05) is 25.8 Å². The molecule has 2 fully saturated rings. The van der Waals surface area contributed by atoms with Gasteiger partial charge < -0.3 is 10.2 Å². The third-order valence-corrected chi connectivity index (χ3v) is 4.18. The number of aromatic nitrogens is 2. The van der Waals surface area contributed by atoms with Crippen molar-refractivity contribution >= 4 is 5.91 Å². The highest BCUT2D eigenvalue weighted by molar-refractivity contribution is 5.92. The zero-order valence-electron chi connectivity index (χ0n) is 11.5. The van der Waals surface area contributed by atoms with Crippen LogP contribution in [0.3, 0.4) is 0 Å². The van der Waals surface area contributed by atoms with Crippen LogP contribution in [0, 0.1) is 5.92 Å². The number of amides is 1. The summed E-state index contributed by atoms with van der Waals surface area (Å²) in [6.45, 7) is 5.99. The minimum atomic E-state index is 0.0897. The van der Waals surface area contributed by atoms with E-state index in [4.69, 9.17) is 0 Å². The third kappa shape index (κ3) is 2.66. The summed E-state index contributed by atoms with van der Waals surface area (Å²) < 4.78 is 1.96. The highest BCUT2D eigenvalue weighted by atomic mass is 16.2. The van der Waals surface area contributed by atoms with Crippen molar-refractivity contribution in [2.45, 2.75) is 32.2 Å². The average Bonchev–Trinajstić information content (AvgIpc) is 3.08. The topological polar surface area (TPSA) is 50.2 Å². The molecule has 5 nitrogen and oxygen atoms in total. The van der Waals surface area contributed by atoms with Crippen molar-refractivity contribution in [2.75, 3.05) is 26.2 Å². The largest absolute Gasteiger partial charge is 0.337 e. The minimum absolute atomic E-state index is 0.0897. The number of carbonyl (C=O) groups is 1. The van der Waals surface area contributed by atoms with E-state index in [1.807, 2.05) is 21.8 Å². The van der Waals surface area contributed by atoms with Crippen LogP contribution in [0.2, 0.25) is 0 Å². The van der Waals surface area contributed by atoms with Gasteiger partial charge in [-0.1, -0.05) is 6.92 Å². The highest BCUT2D eigenvalue weighted by Crippen LogP contribution is 2.19. The molecule has 0 spiro atoms. The van der Waals surface area contributed by atoms with Gasteiger partial charge in [-0.25, -0.2) is 0 Å². The maximum Gasteiger partial charge on any atom is 0.274 e. The average molecular weight is 262 g/mol. The Morgan fingerprint density at radius 3 is 3.05 bits per heavy atom. The Hall–Kier alpha value is -1.36. The van der Waals surface area contributed by atoms with Crippen molar-refractivity contribution in [2.24, 2.45) is 5.92 Å². The first kappa shape index (κ1) is 12.7. The maximum absolute atomic E-state index is 12.3. The third-order valence-electron chi connectivity index (χ3n) is 4.18. The second-order valence-electron chi connectivity index (χ2n) is 5.83. The van der Waals surface area contributed by atoms with Gasteiger partial charge in [0.1, 0.15) is 5.69 Å². The molecule has 1 aromatic heterocycles. The quantitative estimate of drug-likeness (QED) is 0.873. The lowest BCUT2D eigenvalue weighted by Gasteiger charge is -2.23. The number of hydrogen-bond acceptors (Lipinski definition) is 3. The molecule has 2 saturated heterocycles. The zero-order valence-corrected chi connectivity index (χ0v) is 11.5. The van der Waals surface area contributed by atoms with Crippen LogP contribution in [0.1, 0.15) is 42.7 Å². The molecule has 0 bridgehead atoms. The molecule has 2 atom stereocenters. The minimum Gasteiger partial charge on any atom is -0.337 e. The van der Waals surface area contributed by atoms with E-state index in [9.17, 15) is 4.79 Å². The van der Waals surface area contributed by atoms with Gasteiger partial charge in [-0.2, -0.15) is 5.10 Å². The van der Waals surface area contributed by atoms with Gasteiger partial charge in [0.15, 0.2) is 0 Å². The molecule has 3 rings (SSSR count). The van der Waals surface area contributed by atoms with E-state index < -0.39 is 0 Å². The van der Waals surface area contributed by atoms with Gasteiger partial charge in [-0.15, -0.1) is 0 Å². The van der Waals surface area contributed by atoms with Crippen LogP contribution in [-0.2, 0) is 0 Å². The lowest BCUT2D eigenvalue weighted by Crippen LogP contribution is -2.32. The molecule has 104 valence electrons. The molecule has 5 heteroatoms.